The summed E-state index contributed by atoms with van der Waals surface area (Å²) in [6.07, 6.45) is 26.3. The molecular weight excluding hydrogens is 717 g/mol. The number of unbranched alkanes of at least 4 members (excludes halogenated alkanes) is 15. The van der Waals surface area contributed by atoms with Gasteiger partial charge in [0.25, 0.3) is 10.0 Å². The van der Waals surface area contributed by atoms with Crippen molar-refractivity contribution in [1.29, 1.82) is 5.26 Å². The molecule has 0 saturated heterocycles. The Hall–Kier alpha value is -0.480. The van der Waals surface area contributed by atoms with Gasteiger partial charge in [-0.05, 0) is 31.2 Å². The predicted octanol–water partition coefficient (Wildman–Crippen LogP) is 13.6. The molecule has 0 spiro atoms. The van der Waals surface area contributed by atoms with Crippen molar-refractivity contribution in [3.8, 4) is 6.07 Å². The summed E-state index contributed by atoms with van der Waals surface area (Å²) in [5, 5.41) is 9.08. The number of hydrogen-bond acceptors (Lipinski definition) is 9. The van der Waals surface area contributed by atoms with Crippen LogP contribution in [0.2, 0.25) is 0 Å². The first-order chi connectivity index (χ1) is 22.9. The van der Waals surface area contributed by atoms with Gasteiger partial charge in [0.2, 0.25) is 0 Å². The van der Waals surface area contributed by atoms with E-state index in [1.165, 1.54) is 124 Å². The minimum Gasteiger partial charge on any atom is -0.247 e. The molecular formula is C36H50N2O2S7. The lowest BCUT2D eigenvalue weighted by atomic mass is 10.0. The molecule has 0 unspecified atom stereocenters. The number of benzene rings is 1. The van der Waals surface area contributed by atoms with Crippen molar-refractivity contribution >= 4 is 80.6 Å². The fraction of sp³-hybridized carbons (Fsp3) is 0.583. The highest BCUT2D eigenvalue weighted by Gasteiger charge is 2.31. The predicted molar refractivity (Wildman–Crippen MR) is 214 cm³/mol. The summed E-state index contributed by atoms with van der Waals surface area (Å²) in [5.41, 5.74) is 1.04. The Labute approximate surface area is 310 Å². The molecule has 0 radical (unpaired) electrons. The fourth-order valence-electron chi connectivity index (χ4n) is 5.36. The smallest absolute Gasteiger partial charge is 0.247 e. The lowest BCUT2D eigenvalue weighted by molar-refractivity contribution is 0.532. The second-order valence-electron chi connectivity index (χ2n) is 12.1. The molecule has 0 N–H and O–H groups in total. The first kappa shape index (κ1) is 39.3. The topological polar surface area (TPSA) is 62.9 Å². The third kappa shape index (κ3) is 13.0. The number of nitrogens with zero attached hydrogens (tertiary/aromatic N) is 2. The highest BCUT2D eigenvalue weighted by atomic mass is 32.3. The number of nitriles is 1. The van der Waals surface area contributed by atoms with E-state index in [-0.39, 0.29) is 0 Å². The van der Waals surface area contributed by atoms with Gasteiger partial charge in [0, 0.05) is 34.4 Å². The number of aryl methyl sites for hydroxylation is 1. The standard InChI is InChI=1S/C36H50N2O2S7/c1-3-4-5-6-7-8-9-10-11-12-13-14-15-16-17-18-25-41-33-34(42-26-19-24-37)46-36(45-33)35-43-31-27-38(28-32(31)44-35)47(39,40)30-22-20-29(2)21-23-30/h20-23,27-28H,3-19,25-26H2,1-2H3. The molecule has 2 aromatic rings. The molecule has 1 aromatic carbocycles. The second-order valence-corrected chi connectivity index (χ2v) is 21.3. The molecule has 3 heterocycles. The van der Waals surface area contributed by atoms with Gasteiger partial charge in [-0.1, -0.05) is 168 Å². The van der Waals surface area contributed by atoms with Gasteiger partial charge in [0.15, 0.2) is 0 Å². The Balaban J connectivity index is 1.15. The number of hydrogen-bond donors (Lipinski definition) is 0. The molecule has 47 heavy (non-hydrogen) atoms. The SMILES string of the molecule is CCCCCCCCCCCCCCCCCCSC1=C(SCCC#N)SC(=C2Sc3cn(S(=O)(=O)c4ccc(C)cc4)cc3S2)S1. The van der Waals surface area contributed by atoms with Crippen LogP contribution >= 0.6 is 70.6 Å². The number of aromatic nitrogens is 1. The minimum absolute atomic E-state index is 0.307. The Kier molecular flexibility index (Phi) is 18.1. The van der Waals surface area contributed by atoms with E-state index in [2.05, 4.69) is 13.0 Å². The van der Waals surface area contributed by atoms with Crippen molar-refractivity contribution in [3.05, 3.63) is 59.2 Å². The monoisotopic (exact) mass is 766 g/mol. The Morgan fingerprint density at radius 1 is 0.660 bits per heavy atom. The highest BCUT2D eigenvalue weighted by molar-refractivity contribution is 8.42. The van der Waals surface area contributed by atoms with Crippen LogP contribution in [-0.4, -0.2) is 23.9 Å². The zero-order valence-corrected chi connectivity index (χ0v) is 33.7. The molecule has 0 bridgehead atoms. The Bertz CT molecular complexity index is 1450. The van der Waals surface area contributed by atoms with E-state index in [1.54, 1.807) is 59.8 Å². The molecule has 0 atom stereocenters. The van der Waals surface area contributed by atoms with Crippen LogP contribution in [0.15, 0.2) is 68.3 Å². The van der Waals surface area contributed by atoms with Gasteiger partial charge >= 0.3 is 0 Å². The number of fused-ring (bicyclic) bond motifs is 1. The van der Waals surface area contributed by atoms with Crippen LogP contribution < -0.4 is 0 Å². The molecule has 1 aromatic heterocycles. The summed E-state index contributed by atoms with van der Waals surface area (Å²) < 4.78 is 32.9. The zero-order chi connectivity index (χ0) is 33.3. The van der Waals surface area contributed by atoms with Crippen molar-refractivity contribution in [3.63, 3.8) is 0 Å². The highest BCUT2D eigenvalue weighted by Crippen LogP contribution is 2.64. The van der Waals surface area contributed by atoms with Crippen LogP contribution in [0.4, 0.5) is 0 Å². The summed E-state index contributed by atoms with van der Waals surface area (Å²) in [6.45, 7) is 4.24. The van der Waals surface area contributed by atoms with Gasteiger partial charge in [0.05, 0.1) is 27.9 Å². The molecule has 2 aliphatic heterocycles. The van der Waals surface area contributed by atoms with Crippen LogP contribution in [0, 0.1) is 18.3 Å². The number of thioether (sulfide) groups is 6. The molecule has 0 aliphatic carbocycles. The summed E-state index contributed by atoms with van der Waals surface area (Å²) in [7, 11) is -3.61. The van der Waals surface area contributed by atoms with E-state index < -0.39 is 10.0 Å². The van der Waals surface area contributed by atoms with Crippen LogP contribution in [0.1, 0.15) is 122 Å². The van der Waals surface area contributed by atoms with Crippen LogP contribution in [0.5, 0.6) is 0 Å². The molecule has 0 amide bonds. The van der Waals surface area contributed by atoms with Crippen molar-refractivity contribution < 1.29 is 8.42 Å². The van der Waals surface area contributed by atoms with E-state index in [1.807, 2.05) is 54.3 Å². The van der Waals surface area contributed by atoms with Crippen LogP contribution in [0.3, 0.4) is 0 Å². The van der Waals surface area contributed by atoms with Gasteiger partial charge < -0.3 is 0 Å². The molecule has 11 heteroatoms. The van der Waals surface area contributed by atoms with Gasteiger partial charge in [0.1, 0.15) is 0 Å². The quantitative estimate of drug-likeness (QED) is 0.103. The normalized spacial score (nSPS) is 14.7. The van der Waals surface area contributed by atoms with E-state index in [0.717, 1.165) is 26.9 Å². The second kappa shape index (κ2) is 21.7. The van der Waals surface area contributed by atoms with Crippen molar-refractivity contribution in [2.45, 2.75) is 138 Å². The molecule has 258 valence electrons. The van der Waals surface area contributed by atoms with Gasteiger partial charge in [-0.25, -0.2) is 12.4 Å². The molecule has 0 saturated carbocycles. The third-order valence-corrected chi connectivity index (χ3v) is 18.4. The Morgan fingerprint density at radius 2 is 1.11 bits per heavy atom. The van der Waals surface area contributed by atoms with Crippen LogP contribution in [0.25, 0.3) is 0 Å². The van der Waals surface area contributed by atoms with E-state index in [9.17, 15) is 8.42 Å². The van der Waals surface area contributed by atoms with Crippen molar-refractivity contribution in [2.24, 2.45) is 0 Å². The summed E-state index contributed by atoms with van der Waals surface area (Å²) in [4.78, 5) is 2.28. The molecule has 4 nitrogen and oxygen atoms in total. The zero-order valence-electron chi connectivity index (χ0n) is 28.0. The summed E-state index contributed by atoms with van der Waals surface area (Å²) in [5.74, 6) is 1.95. The largest absolute Gasteiger partial charge is 0.267 e. The van der Waals surface area contributed by atoms with E-state index >= 15 is 0 Å². The minimum atomic E-state index is -3.61. The maximum Gasteiger partial charge on any atom is 0.267 e. The maximum absolute atomic E-state index is 13.2. The van der Waals surface area contributed by atoms with Gasteiger partial charge in [-0.15, -0.1) is 23.5 Å². The average Bonchev–Trinajstić information content (AvgIpc) is 3.77. The molecule has 2 aliphatic rings. The summed E-state index contributed by atoms with van der Waals surface area (Å²) in [6, 6.07) is 9.29. The molecule has 0 fully saturated rings. The lowest BCUT2D eigenvalue weighted by Crippen LogP contribution is -2.10. The summed E-state index contributed by atoms with van der Waals surface area (Å²) >= 11 is 10.8. The van der Waals surface area contributed by atoms with E-state index in [4.69, 9.17) is 5.26 Å². The first-order valence-corrected chi connectivity index (χ1v) is 24.0. The van der Waals surface area contributed by atoms with Gasteiger partial charge in [-0.2, -0.15) is 5.26 Å². The lowest BCUT2D eigenvalue weighted by Gasteiger charge is -2.07. The number of rotatable bonds is 23. The maximum atomic E-state index is 13.2. The first-order valence-electron chi connectivity index (χ1n) is 17.3. The van der Waals surface area contributed by atoms with Crippen molar-refractivity contribution in [1.82, 2.24) is 3.97 Å². The van der Waals surface area contributed by atoms with Crippen molar-refractivity contribution in [2.75, 3.05) is 11.5 Å². The average molecular weight is 767 g/mol. The Morgan fingerprint density at radius 3 is 1.60 bits per heavy atom. The van der Waals surface area contributed by atoms with Crippen LogP contribution in [-0.2, 0) is 10.0 Å². The fourth-order valence-corrected chi connectivity index (χ4v) is 15.3. The van der Waals surface area contributed by atoms with E-state index in [0.29, 0.717) is 11.3 Å². The third-order valence-electron chi connectivity index (χ3n) is 8.12. The molecule has 4 rings (SSSR count). The van der Waals surface area contributed by atoms with Gasteiger partial charge in [-0.3, -0.25) is 0 Å².